The molecule has 2 amide bonds. The minimum absolute atomic E-state index is 0.327. The van der Waals surface area contributed by atoms with Gasteiger partial charge in [-0.3, -0.25) is 10.4 Å². The van der Waals surface area contributed by atoms with Gasteiger partial charge < -0.3 is 10.1 Å². The fourth-order valence-corrected chi connectivity index (χ4v) is 2.69. The molecule has 0 aliphatic carbocycles. The van der Waals surface area contributed by atoms with Crippen molar-refractivity contribution in [2.24, 2.45) is 0 Å². The van der Waals surface area contributed by atoms with Gasteiger partial charge in [-0.1, -0.05) is 30.5 Å². The summed E-state index contributed by atoms with van der Waals surface area (Å²) in [5, 5.41) is 13.5. The van der Waals surface area contributed by atoms with Crippen LogP contribution >= 0.6 is 0 Å². The maximum atomic E-state index is 12.4. The molecule has 3 rings (SSSR count). The molecule has 3 N–H and O–H groups in total. The van der Waals surface area contributed by atoms with Crippen molar-refractivity contribution < 1.29 is 9.53 Å². The predicted octanol–water partition coefficient (Wildman–Crippen LogP) is 4.62. The second-order valence-electron chi connectivity index (χ2n) is 6.17. The number of benzene rings is 2. The van der Waals surface area contributed by atoms with Gasteiger partial charge in [0.1, 0.15) is 12.4 Å². The Bertz CT molecular complexity index is 1030. The molecule has 3 aromatic rings. The van der Waals surface area contributed by atoms with Crippen LogP contribution in [0.15, 0.2) is 36.4 Å². The summed E-state index contributed by atoms with van der Waals surface area (Å²) in [6.07, 6.45) is 0.799. The van der Waals surface area contributed by atoms with E-state index in [0.717, 1.165) is 34.1 Å². The van der Waals surface area contributed by atoms with E-state index in [1.54, 1.807) is 0 Å². The van der Waals surface area contributed by atoms with E-state index < -0.39 is 0 Å². The molecule has 1 aromatic heterocycles. The molecular weight excluding hydrogens is 340 g/mol. The lowest BCUT2D eigenvalue weighted by Crippen LogP contribution is -2.20. The average molecular weight is 362 g/mol. The van der Waals surface area contributed by atoms with Gasteiger partial charge in [0.2, 0.25) is 0 Å². The standard InChI is InChI=1S/C21H22N4O2/c1-4-5-6-11-27-16-8-10-19-17(13-16)20(25-24-19)23-21(26)22-18-9-7-14(2)12-15(18)3/h7-10,12-13H,4,11H2,1-3H3,(H3,22,23,24,25,26). The number of aromatic nitrogens is 2. The second-order valence-corrected chi connectivity index (χ2v) is 6.17. The van der Waals surface area contributed by atoms with Crippen LogP contribution in [-0.2, 0) is 0 Å². The van der Waals surface area contributed by atoms with Gasteiger partial charge in [0.05, 0.1) is 5.52 Å². The zero-order valence-corrected chi connectivity index (χ0v) is 15.6. The van der Waals surface area contributed by atoms with Crippen molar-refractivity contribution in [3.05, 3.63) is 47.5 Å². The molecule has 2 aromatic carbocycles. The number of nitrogens with one attached hydrogen (secondary N) is 3. The average Bonchev–Trinajstić information content (AvgIpc) is 3.03. The highest BCUT2D eigenvalue weighted by Crippen LogP contribution is 2.25. The third kappa shape index (κ3) is 4.59. The highest BCUT2D eigenvalue weighted by Gasteiger charge is 2.11. The maximum Gasteiger partial charge on any atom is 0.324 e. The topological polar surface area (TPSA) is 79.0 Å². The van der Waals surface area contributed by atoms with Crippen LogP contribution in [0, 0.1) is 25.7 Å². The summed E-state index contributed by atoms with van der Waals surface area (Å²) in [7, 11) is 0. The first-order valence-electron chi connectivity index (χ1n) is 8.78. The first kappa shape index (κ1) is 18.3. The zero-order chi connectivity index (χ0) is 19.2. The summed E-state index contributed by atoms with van der Waals surface area (Å²) in [6.45, 7) is 6.29. The smallest absolute Gasteiger partial charge is 0.324 e. The van der Waals surface area contributed by atoms with Gasteiger partial charge in [0.15, 0.2) is 5.82 Å². The summed E-state index contributed by atoms with van der Waals surface area (Å²) in [4.78, 5) is 12.4. The number of aryl methyl sites for hydroxylation is 2. The molecular formula is C21H22N4O2. The lowest BCUT2D eigenvalue weighted by atomic mass is 10.1. The quantitative estimate of drug-likeness (QED) is 0.593. The van der Waals surface area contributed by atoms with Crippen LogP contribution in [0.3, 0.4) is 0 Å². The molecule has 0 fully saturated rings. The number of amides is 2. The van der Waals surface area contributed by atoms with Crippen molar-refractivity contribution in [2.75, 3.05) is 17.2 Å². The van der Waals surface area contributed by atoms with Gasteiger partial charge in [0, 0.05) is 17.5 Å². The molecule has 0 saturated carbocycles. The van der Waals surface area contributed by atoms with E-state index in [1.807, 2.05) is 57.2 Å². The normalized spacial score (nSPS) is 10.2. The fraction of sp³-hybridized carbons (Fsp3) is 0.238. The lowest BCUT2D eigenvalue weighted by Gasteiger charge is -2.09. The van der Waals surface area contributed by atoms with Gasteiger partial charge in [-0.25, -0.2) is 4.79 Å². The molecule has 6 heteroatoms. The van der Waals surface area contributed by atoms with Crippen molar-refractivity contribution in [3.8, 4) is 17.6 Å². The minimum atomic E-state index is -0.351. The van der Waals surface area contributed by atoms with Crippen LogP contribution in [0.5, 0.6) is 5.75 Å². The Hall–Kier alpha value is -3.46. The molecule has 0 spiro atoms. The Labute approximate surface area is 158 Å². The van der Waals surface area contributed by atoms with E-state index in [-0.39, 0.29) is 6.03 Å². The predicted molar refractivity (Wildman–Crippen MR) is 108 cm³/mol. The number of nitrogens with zero attached hydrogens (tertiary/aromatic N) is 1. The number of anilines is 2. The summed E-state index contributed by atoms with van der Waals surface area (Å²) in [5.74, 6) is 7.01. The molecule has 0 radical (unpaired) electrons. The number of fused-ring (bicyclic) bond motifs is 1. The lowest BCUT2D eigenvalue weighted by molar-refractivity contribution is 0.262. The van der Waals surface area contributed by atoms with Crippen molar-refractivity contribution in [1.82, 2.24) is 10.2 Å². The molecule has 0 saturated heterocycles. The maximum absolute atomic E-state index is 12.4. The highest BCUT2D eigenvalue weighted by molar-refractivity contribution is 6.05. The zero-order valence-electron chi connectivity index (χ0n) is 15.6. The SMILES string of the molecule is CCC#CCOc1ccc2[nH]nc(NC(=O)Nc3ccc(C)cc3C)c2c1. The van der Waals surface area contributed by atoms with E-state index >= 15 is 0 Å². The van der Waals surface area contributed by atoms with Crippen LogP contribution < -0.4 is 15.4 Å². The van der Waals surface area contributed by atoms with Gasteiger partial charge in [0.25, 0.3) is 0 Å². The van der Waals surface area contributed by atoms with Crippen molar-refractivity contribution in [3.63, 3.8) is 0 Å². The number of H-pyrrole nitrogens is 1. The van der Waals surface area contributed by atoms with Crippen molar-refractivity contribution >= 4 is 28.4 Å². The molecule has 0 aliphatic rings. The monoisotopic (exact) mass is 362 g/mol. The van der Waals surface area contributed by atoms with E-state index in [9.17, 15) is 4.79 Å². The van der Waals surface area contributed by atoms with Gasteiger partial charge in [-0.15, -0.1) is 5.92 Å². The van der Waals surface area contributed by atoms with Gasteiger partial charge in [-0.2, -0.15) is 5.10 Å². The summed E-state index contributed by atoms with van der Waals surface area (Å²) < 4.78 is 5.62. The van der Waals surface area contributed by atoms with Gasteiger partial charge in [-0.05, 0) is 43.7 Å². The highest BCUT2D eigenvalue weighted by atomic mass is 16.5. The largest absolute Gasteiger partial charge is 0.481 e. The van der Waals surface area contributed by atoms with Crippen molar-refractivity contribution in [1.29, 1.82) is 0 Å². The number of rotatable bonds is 4. The minimum Gasteiger partial charge on any atom is -0.481 e. The molecule has 138 valence electrons. The van der Waals surface area contributed by atoms with Crippen LogP contribution in [0.1, 0.15) is 24.5 Å². The number of ether oxygens (including phenoxy) is 1. The summed E-state index contributed by atoms with van der Waals surface area (Å²) in [6, 6.07) is 11.0. The molecule has 0 aliphatic heterocycles. The summed E-state index contributed by atoms with van der Waals surface area (Å²) in [5.41, 5.74) is 3.72. The number of carbonyl (C=O) groups is 1. The number of hydrogen-bond acceptors (Lipinski definition) is 3. The Morgan fingerprint density at radius 3 is 2.78 bits per heavy atom. The third-order valence-electron chi connectivity index (χ3n) is 4.01. The van der Waals surface area contributed by atoms with Crippen LogP contribution in [0.25, 0.3) is 10.9 Å². The Morgan fingerprint density at radius 2 is 2.00 bits per heavy atom. The Morgan fingerprint density at radius 1 is 1.15 bits per heavy atom. The summed E-state index contributed by atoms with van der Waals surface area (Å²) >= 11 is 0. The molecule has 0 bridgehead atoms. The second kappa shape index (κ2) is 8.28. The van der Waals surface area contributed by atoms with E-state index in [1.165, 1.54) is 0 Å². The van der Waals surface area contributed by atoms with Crippen LogP contribution in [0.2, 0.25) is 0 Å². The van der Waals surface area contributed by atoms with Crippen molar-refractivity contribution in [2.45, 2.75) is 27.2 Å². The van der Waals surface area contributed by atoms with Crippen LogP contribution in [-0.4, -0.2) is 22.8 Å². The molecule has 0 unspecified atom stereocenters. The number of hydrogen-bond donors (Lipinski definition) is 3. The molecule has 0 atom stereocenters. The van der Waals surface area contributed by atoms with E-state index in [2.05, 4.69) is 32.7 Å². The molecule has 6 nitrogen and oxygen atoms in total. The molecule has 1 heterocycles. The first-order chi connectivity index (χ1) is 13.1. The number of urea groups is 1. The molecule has 27 heavy (non-hydrogen) atoms. The Kier molecular flexibility index (Phi) is 5.62. The fourth-order valence-electron chi connectivity index (χ4n) is 2.69. The first-order valence-corrected chi connectivity index (χ1v) is 8.78. The van der Waals surface area contributed by atoms with E-state index in [4.69, 9.17) is 4.74 Å². The van der Waals surface area contributed by atoms with Gasteiger partial charge >= 0.3 is 6.03 Å². The van der Waals surface area contributed by atoms with E-state index in [0.29, 0.717) is 18.2 Å². The third-order valence-corrected chi connectivity index (χ3v) is 4.01. The number of carbonyl (C=O) groups excluding carboxylic acids is 1. The Balaban J connectivity index is 1.72. The van der Waals surface area contributed by atoms with Crippen LogP contribution in [0.4, 0.5) is 16.3 Å². The number of aromatic amines is 1.